The molecule has 2 nitrogen and oxygen atoms in total. The summed E-state index contributed by atoms with van der Waals surface area (Å²) in [7, 11) is 0. The van der Waals surface area contributed by atoms with Crippen LogP contribution in [0.2, 0.25) is 0 Å². The minimum atomic E-state index is 0.341. The van der Waals surface area contributed by atoms with E-state index in [2.05, 4.69) is 30.0 Å². The monoisotopic (exact) mass is 254 g/mol. The van der Waals surface area contributed by atoms with Crippen molar-refractivity contribution < 1.29 is 0 Å². The molecular formula is C14H26N2S. The van der Waals surface area contributed by atoms with Crippen molar-refractivity contribution in [2.75, 3.05) is 37.7 Å². The lowest BCUT2D eigenvalue weighted by Crippen LogP contribution is -2.50. The van der Waals surface area contributed by atoms with Crippen molar-refractivity contribution in [3.63, 3.8) is 0 Å². The van der Waals surface area contributed by atoms with Crippen molar-refractivity contribution in [3.05, 3.63) is 0 Å². The largest absolute Gasteiger partial charge is 0.310 e. The van der Waals surface area contributed by atoms with Crippen molar-refractivity contribution in [1.29, 1.82) is 0 Å². The van der Waals surface area contributed by atoms with E-state index < -0.39 is 0 Å². The number of nitrogens with zero attached hydrogens (tertiary/aromatic N) is 1. The van der Waals surface area contributed by atoms with E-state index in [0.29, 0.717) is 5.54 Å². The second-order valence-electron chi connectivity index (χ2n) is 4.80. The van der Waals surface area contributed by atoms with Crippen LogP contribution in [0.15, 0.2) is 0 Å². The van der Waals surface area contributed by atoms with Crippen molar-refractivity contribution >= 4 is 11.8 Å². The highest BCUT2D eigenvalue weighted by Gasteiger charge is 2.29. The fourth-order valence-corrected chi connectivity index (χ4v) is 3.11. The first-order chi connectivity index (χ1) is 8.26. The van der Waals surface area contributed by atoms with E-state index >= 15 is 0 Å². The Morgan fingerprint density at radius 2 is 2.18 bits per heavy atom. The van der Waals surface area contributed by atoms with Crippen LogP contribution in [0, 0.1) is 12.3 Å². The van der Waals surface area contributed by atoms with Gasteiger partial charge >= 0.3 is 0 Å². The number of terminal acetylenes is 1. The van der Waals surface area contributed by atoms with Gasteiger partial charge in [-0.15, -0.1) is 18.2 Å². The molecule has 1 saturated heterocycles. The lowest BCUT2D eigenvalue weighted by molar-refractivity contribution is 0.205. The van der Waals surface area contributed by atoms with Crippen LogP contribution in [-0.4, -0.2) is 48.1 Å². The van der Waals surface area contributed by atoms with Gasteiger partial charge in [-0.25, -0.2) is 0 Å². The predicted molar refractivity (Wildman–Crippen MR) is 78.5 cm³/mol. The summed E-state index contributed by atoms with van der Waals surface area (Å²) in [5.41, 5.74) is 0.341. The Labute approximate surface area is 111 Å². The van der Waals surface area contributed by atoms with Gasteiger partial charge < -0.3 is 10.2 Å². The molecule has 17 heavy (non-hydrogen) atoms. The lowest BCUT2D eigenvalue weighted by atomic mass is 9.92. The highest BCUT2D eigenvalue weighted by Crippen LogP contribution is 2.19. The standard InChI is InChI=1S/C14H26N2S/c1-4-11-17-12-10-16-9-7-8-15-14(5-2,6-3)13-16/h1,15H,5-13H2,2-3H3. The average Bonchev–Trinajstić information content (AvgIpc) is 2.58. The van der Waals surface area contributed by atoms with Gasteiger partial charge in [-0.1, -0.05) is 19.8 Å². The second kappa shape index (κ2) is 8.02. The first-order valence-corrected chi connectivity index (χ1v) is 7.90. The van der Waals surface area contributed by atoms with Gasteiger partial charge in [0.25, 0.3) is 0 Å². The molecule has 0 atom stereocenters. The third-order valence-corrected chi connectivity index (χ3v) is 4.61. The van der Waals surface area contributed by atoms with Crippen LogP contribution in [0.3, 0.4) is 0 Å². The summed E-state index contributed by atoms with van der Waals surface area (Å²) in [6, 6.07) is 0. The fourth-order valence-electron chi connectivity index (χ4n) is 2.46. The number of thioether (sulfide) groups is 1. The van der Waals surface area contributed by atoms with Crippen LogP contribution in [0.1, 0.15) is 33.1 Å². The number of hydrogen-bond donors (Lipinski definition) is 1. The van der Waals surface area contributed by atoms with Crippen molar-refractivity contribution in [3.8, 4) is 12.3 Å². The minimum Gasteiger partial charge on any atom is -0.310 e. The summed E-state index contributed by atoms with van der Waals surface area (Å²) in [5, 5.41) is 3.75. The average molecular weight is 254 g/mol. The maximum absolute atomic E-state index is 5.26. The quantitative estimate of drug-likeness (QED) is 0.578. The maximum atomic E-state index is 5.26. The molecular weight excluding hydrogens is 228 g/mol. The first-order valence-electron chi connectivity index (χ1n) is 6.75. The normalized spacial score (nSPS) is 20.8. The van der Waals surface area contributed by atoms with Gasteiger partial charge in [0.1, 0.15) is 0 Å². The first kappa shape index (κ1) is 14.9. The zero-order chi connectivity index (χ0) is 12.6. The molecule has 0 aliphatic carbocycles. The Morgan fingerprint density at radius 3 is 2.82 bits per heavy atom. The van der Waals surface area contributed by atoms with Gasteiger partial charge in [-0.2, -0.15) is 0 Å². The van der Waals surface area contributed by atoms with Crippen LogP contribution < -0.4 is 5.32 Å². The van der Waals surface area contributed by atoms with Gasteiger partial charge in [0, 0.05) is 24.4 Å². The van der Waals surface area contributed by atoms with Crippen LogP contribution >= 0.6 is 11.8 Å². The molecule has 0 saturated carbocycles. The molecule has 1 fully saturated rings. The Morgan fingerprint density at radius 1 is 1.41 bits per heavy atom. The van der Waals surface area contributed by atoms with Crippen LogP contribution in [0.5, 0.6) is 0 Å². The van der Waals surface area contributed by atoms with Gasteiger partial charge in [-0.3, -0.25) is 0 Å². The van der Waals surface area contributed by atoms with Crippen LogP contribution in [-0.2, 0) is 0 Å². The van der Waals surface area contributed by atoms with E-state index in [0.717, 1.165) is 18.1 Å². The Bertz CT molecular complexity index is 243. The van der Waals surface area contributed by atoms with E-state index in [-0.39, 0.29) is 0 Å². The molecule has 1 aliphatic rings. The highest BCUT2D eigenvalue weighted by molar-refractivity contribution is 7.99. The Kier molecular flexibility index (Phi) is 7.03. The van der Waals surface area contributed by atoms with Crippen LogP contribution in [0.25, 0.3) is 0 Å². The van der Waals surface area contributed by atoms with E-state index in [1.165, 1.54) is 38.9 Å². The topological polar surface area (TPSA) is 15.3 Å². The Hall–Kier alpha value is -0.170. The van der Waals surface area contributed by atoms with Gasteiger partial charge in [0.15, 0.2) is 0 Å². The van der Waals surface area contributed by atoms with E-state index in [1.807, 2.05) is 11.8 Å². The maximum Gasteiger partial charge on any atom is 0.0545 e. The second-order valence-corrected chi connectivity index (χ2v) is 5.91. The summed E-state index contributed by atoms with van der Waals surface area (Å²) >= 11 is 1.87. The fraction of sp³-hybridized carbons (Fsp3) is 0.857. The predicted octanol–water partition coefficient (Wildman–Crippen LogP) is 2.21. The molecule has 0 unspecified atom stereocenters. The molecule has 1 aliphatic heterocycles. The molecule has 0 aromatic heterocycles. The SMILES string of the molecule is C#CCSCCN1CCCNC(CC)(CC)C1. The molecule has 1 heterocycles. The Balaban J connectivity index is 2.40. The zero-order valence-corrected chi connectivity index (χ0v) is 12.1. The van der Waals surface area contributed by atoms with Crippen molar-refractivity contribution in [1.82, 2.24) is 10.2 Å². The molecule has 3 heteroatoms. The number of rotatable bonds is 6. The van der Waals surface area contributed by atoms with Gasteiger partial charge in [0.2, 0.25) is 0 Å². The zero-order valence-electron chi connectivity index (χ0n) is 11.3. The lowest BCUT2D eigenvalue weighted by Gasteiger charge is -2.35. The molecule has 0 amide bonds. The molecule has 0 aromatic carbocycles. The summed E-state index contributed by atoms with van der Waals surface area (Å²) in [6.45, 7) is 9.35. The molecule has 0 aromatic rings. The summed E-state index contributed by atoms with van der Waals surface area (Å²) in [6.07, 6.45) is 8.97. The van der Waals surface area contributed by atoms with Gasteiger partial charge in [-0.05, 0) is 32.4 Å². The van der Waals surface area contributed by atoms with Crippen molar-refractivity contribution in [2.24, 2.45) is 0 Å². The molecule has 0 spiro atoms. The van der Waals surface area contributed by atoms with Crippen molar-refractivity contribution in [2.45, 2.75) is 38.6 Å². The minimum absolute atomic E-state index is 0.341. The molecule has 98 valence electrons. The third kappa shape index (κ3) is 4.91. The molecule has 1 N–H and O–H groups in total. The number of nitrogens with one attached hydrogen (secondary N) is 1. The van der Waals surface area contributed by atoms with Crippen LogP contribution in [0.4, 0.5) is 0 Å². The van der Waals surface area contributed by atoms with E-state index in [1.54, 1.807) is 0 Å². The molecule has 1 rings (SSSR count). The number of hydrogen-bond acceptors (Lipinski definition) is 3. The summed E-state index contributed by atoms with van der Waals surface area (Å²) in [4.78, 5) is 2.61. The van der Waals surface area contributed by atoms with Gasteiger partial charge in [0.05, 0.1) is 5.75 Å². The van der Waals surface area contributed by atoms with E-state index in [9.17, 15) is 0 Å². The molecule has 0 radical (unpaired) electrons. The summed E-state index contributed by atoms with van der Waals surface area (Å²) in [5.74, 6) is 4.69. The smallest absolute Gasteiger partial charge is 0.0545 e. The summed E-state index contributed by atoms with van der Waals surface area (Å²) < 4.78 is 0. The molecule has 0 bridgehead atoms. The third-order valence-electron chi connectivity index (χ3n) is 3.77. The van der Waals surface area contributed by atoms with E-state index in [4.69, 9.17) is 6.42 Å². The highest BCUT2D eigenvalue weighted by atomic mass is 32.2.